The van der Waals surface area contributed by atoms with E-state index in [0.717, 1.165) is 16.8 Å². The summed E-state index contributed by atoms with van der Waals surface area (Å²) in [4.78, 5) is 28.3. The highest BCUT2D eigenvalue weighted by atomic mass is 32.2. The number of aromatic nitrogens is 2. The van der Waals surface area contributed by atoms with Crippen molar-refractivity contribution in [2.45, 2.75) is 13.0 Å². The maximum absolute atomic E-state index is 12.0. The molecule has 0 radical (unpaired) electrons. The van der Waals surface area contributed by atoms with Gasteiger partial charge in [0.25, 0.3) is 5.56 Å². The summed E-state index contributed by atoms with van der Waals surface area (Å²) in [5.74, 6) is 0.610. The molecule has 1 aromatic heterocycles. The van der Waals surface area contributed by atoms with E-state index in [0.29, 0.717) is 30.8 Å². The van der Waals surface area contributed by atoms with Gasteiger partial charge in [-0.15, -0.1) is 0 Å². The summed E-state index contributed by atoms with van der Waals surface area (Å²) in [5.41, 5.74) is 0.820. The Morgan fingerprint density at radius 3 is 2.83 bits per heavy atom. The number of nitrogens with zero attached hydrogens (tertiary/aromatic N) is 2. The maximum atomic E-state index is 12.0. The standard InChI is InChI=1S/C11H17N3O3S/c1-13-10(15)8-7-14(5-6-18(2)17)4-3-9(8)12-11(13)16/h3-7H2,1-2H3,(H,12,16). The highest BCUT2D eigenvalue weighted by Crippen LogP contribution is 2.11. The van der Waals surface area contributed by atoms with Gasteiger partial charge in [-0.05, 0) is 0 Å². The second-order valence-electron chi connectivity index (χ2n) is 4.55. The van der Waals surface area contributed by atoms with Crippen LogP contribution in [0.25, 0.3) is 0 Å². The first-order valence-corrected chi connectivity index (χ1v) is 7.55. The molecule has 1 aromatic rings. The van der Waals surface area contributed by atoms with Crippen LogP contribution in [-0.4, -0.2) is 44.1 Å². The van der Waals surface area contributed by atoms with Crippen molar-refractivity contribution in [1.29, 1.82) is 0 Å². The van der Waals surface area contributed by atoms with Crippen LogP contribution < -0.4 is 11.2 Å². The second-order valence-corrected chi connectivity index (χ2v) is 6.11. The number of aromatic amines is 1. The van der Waals surface area contributed by atoms with Gasteiger partial charge in [-0.2, -0.15) is 0 Å². The molecule has 1 N–H and O–H groups in total. The lowest BCUT2D eigenvalue weighted by Crippen LogP contribution is -2.43. The highest BCUT2D eigenvalue weighted by molar-refractivity contribution is 7.90. The van der Waals surface area contributed by atoms with E-state index in [4.69, 9.17) is 0 Å². The lowest BCUT2D eigenvalue weighted by molar-refractivity contribution is 0.263. The normalized spacial score (nSPS) is 17.5. The van der Waals surface area contributed by atoms with E-state index in [1.807, 2.05) is 0 Å². The number of hydrogen-bond donors (Lipinski definition) is 1. The number of rotatable bonds is 3. The van der Waals surface area contributed by atoms with E-state index in [2.05, 4.69) is 9.88 Å². The van der Waals surface area contributed by atoms with Crippen LogP contribution in [-0.2, 0) is 31.2 Å². The van der Waals surface area contributed by atoms with Gasteiger partial charge in [-0.3, -0.25) is 14.3 Å². The molecule has 0 saturated carbocycles. The molecular formula is C11H17N3O3S. The topological polar surface area (TPSA) is 81.2 Å². The van der Waals surface area contributed by atoms with E-state index in [1.54, 1.807) is 6.26 Å². The molecule has 1 aliphatic heterocycles. The number of H-pyrrole nitrogens is 1. The predicted molar refractivity (Wildman–Crippen MR) is 70.2 cm³/mol. The summed E-state index contributed by atoms with van der Waals surface area (Å²) >= 11 is -0.821. The molecule has 0 saturated heterocycles. The molecule has 0 aromatic carbocycles. The Bertz CT molecular complexity index is 549. The number of nitrogens with one attached hydrogen (secondary N) is 1. The van der Waals surface area contributed by atoms with Crippen molar-refractivity contribution in [2.24, 2.45) is 7.05 Å². The molecule has 2 rings (SSSR count). The quantitative estimate of drug-likeness (QED) is 0.701. The SMILES string of the molecule is Cn1c(=O)[nH]c2c(c1=O)CN(CC[S+](C)[O-])CC2. The molecule has 1 atom stereocenters. The van der Waals surface area contributed by atoms with Gasteiger partial charge in [-0.25, -0.2) is 4.79 Å². The third-order valence-corrected chi connectivity index (χ3v) is 4.00. The van der Waals surface area contributed by atoms with Gasteiger partial charge in [0, 0.05) is 38.8 Å². The van der Waals surface area contributed by atoms with E-state index in [9.17, 15) is 14.1 Å². The average Bonchev–Trinajstić information content (AvgIpc) is 2.34. The summed E-state index contributed by atoms with van der Waals surface area (Å²) in [6, 6.07) is 0. The molecule has 0 amide bonds. The first kappa shape index (κ1) is 13.4. The maximum Gasteiger partial charge on any atom is 0.328 e. The molecule has 0 spiro atoms. The summed E-state index contributed by atoms with van der Waals surface area (Å²) in [6.45, 7) is 2.02. The minimum atomic E-state index is -0.821. The second kappa shape index (κ2) is 5.29. The highest BCUT2D eigenvalue weighted by Gasteiger charge is 2.21. The summed E-state index contributed by atoms with van der Waals surface area (Å²) < 4.78 is 12.2. The minimum absolute atomic E-state index is 0.226. The zero-order valence-corrected chi connectivity index (χ0v) is 11.4. The largest absolute Gasteiger partial charge is 0.617 e. The molecule has 7 heteroatoms. The molecule has 100 valence electrons. The molecule has 18 heavy (non-hydrogen) atoms. The van der Waals surface area contributed by atoms with E-state index in [-0.39, 0.29) is 11.2 Å². The van der Waals surface area contributed by atoms with Crippen molar-refractivity contribution < 1.29 is 4.55 Å². The Kier molecular flexibility index (Phi) is 3.94. The Morgan fingerprint density at radius 1 is 1.44 bits per heavy atom. The van der Waals surface area contributed by atoms with Gasteiger partial charge in [0.15, 0.2) is 0 Å². The lowest BCUT2D eigenvalue weighted by Gasteiger charge is -2.27. The fraction of sp³-hybridized carbons (Fsp3) is 0.636. The van der Waals surface area contributed by atoms with Gasteiger partial charge < -0.3 is 9.54 Å². The van der Waals surface area contributed by atoms with E-state index < -0.39 is 11.2 Å². The summed E-state index contributed by atoms with van der Waals surface area (Å²) in [5, 5.41) is 0. The van der Waals surface area contributed by atoms with Crippen molar-refractivity contribution in [3.05, 3.63) is 32.1 Å². The predicted octanol–water partition coefficient (Wildman–Crippen LogP) is -1.19. The lowest BCUT2D eigenvalue weighted by atomic mass is 10.1. The fourth-order valence-corrected chi connectivity index (χ4v) is 2.62. The third-order valence-electron chi connectivity index (χ3n) is 3.24. The number of hydrogen-bond acceptors (Lipinski definition) is 4. The molecule has 1 aliphatic rings. The fourth-order valence-electron chi connectivity index (χ4n) is 2.11. The number of fused-ring (bicyclic) bond motifs is 1. The Morgan fingerprint density at radius 2 is 2.17 bits per heavy atom. The van der Waals surface area contributed by atoms with Gasteiger partial charge in [0.1, 0.15) is 5.75 Å². The molecule has 2 heterocycles. The Labute approximate surface area is 108 Å². The smallest absolute Gasteiger partial charge is 0.328 e. The minimum Gasteiger partial charge on any atom is -0.617 e. The van der Waals surface area contributed by atoms with Gasteiger partial charge in [-0.1, -0.05) is 11.2 Å². The first-order valence-electron chi connectivity index (χ1n) is 5.82. The molecule has 1 unspecified atom stereocenters. The molecule has 0 fully saturated rings. The van der Waals surface area contributed by atoms with Crippen molar-refractivity contribution in [1.82, 2.24) is 14.5 Å². The van der Waals surface area contributed by atoms with E-state index in [1.165, 1.54) is 7.05 Å². The van der Waals surface area contributed by atoms with Crippen molar-refractivity contribution in [2.75, 3.05) is 25.1 Å². The van der Waals surface area contributed by atoms with Crippen LogP contribution in [0.5, 0.6) is 0 Å². The molecule has 0 bridgehead atoms. The monoisotopic (exact) mass is 271 g/mol. The Hall–Kier alpha value is -1.05. The first-order chi connectivity index (χ1) is 8.49. The van der Waals surface area contributed by atoms with Crippen LogP contribution in [0.1, 0.15) is 11.3 Å². The van der Waals surface area contributed by atoms with Crippen molar-refractivity contribution in [3.63, 3.8) is 0 Å². The van der Waals surface area contributed by atoms with Crippen LogP contribution in [0.3, 0.4) is 0 Å². The van der Waals surface area contributed by atoms with Crippen LogP contribution in [0, 0.1) is 0 Å². The van der Waals surface area contributed by atoms with Crippen molar-refractivity contribution >= 4 is 11.2 Å². The Balaban J connectivity index is 2.21. The van der Waals surface area contributed by atoms with E-state index >= 15 is 0 Å². The molecular weight excluding hydrogens is 254 g/mol. The average molecular weight is 271 g/mol. The van der Waals surface area contributed by atoms with Crippen LogP contribution in [0.4, 0.5) is 0 Å². The van der Waals surface area contributed by atoms with Crippen molar-refractivity contribution in [3.8, 4) is 0 Å². The van der Waals surface area contributed by atoms with Crippen LogP contribution in [0.15, 0.2) is 9.59 Å². The van der Waals surface area contributed by atoms with Gasteiger partial charge >= 0.3 is 5.69 Å². The van der Waals surface area contributed by atoms with Crippen LogP contribution in [0.2, 0.25) is 0 Å². The van der Waals surface area contributed by atoms with Crippen LogP contribution >= 0.6 is 0 Å². The zero-order valence-electron chi connectivity index (χ0n) is 10.6. The molecule has 6 nitrogen and oxygen atoms in total. The molecule has 0 aliphatic carbocycles. The zero-order chi connectivity index (χ0) is 13.3. The summed E-state index contributed by atoms with van der Waals surface area (Å²) in [7, 11) is 1.47. The van der Waals surface area contributed by atoms with Gasteiger partial charge in [0.05, 0.1) is 11.8 Å². The van der Waals surface area contributed by atoms with Gasteiger partial charge in [0.2, 0.25) is 0 Å². The summed E-state index contributed by atoms with van der Waals surface area (Å²) in [6.07, 6.45) is 2.34. The third kappa shape index (κ3) is 2.68.